The molecule has 1 saturated heterocycles. The number of nitrogens with one attached hydrogen (secondary N) is 1. The van der Waals surface area contributed by atoms with Crippen molar-refractivity contribution in [3.8, 4) is 0 Å². The van der Waals surface area contributed by atoms with Crippen molar-refractivity contribution in [1.29, 1.82) is 0 Å². The third-order valence-electron chi connectivity index (χ3n) is 3.90. The summed E-state index contributed by atoms with van der Waals surface area (Å²) in [5.74, 6) is 0. The van der Waals surface area contributed by atoms with Gasteiger partial charge in [-0.2, -0.15) is 0 Å². The van der Waals surface area contributed by atoms with Crippen LogP contribution in [0.1, 0.15) is 24.8 Å². The van der Waals surface area contributed by atoms with E-state index in [9.17, 15) is 8.42 Å². The van der Waals surface area contributed by atoms with Gasteiger partial charge in [0.2, 0.25) is 10.0 Å². The van der Waals surface area contributed by atoms with E-state index < -0.39 is 10.0 Å². The summed E-state index contributed by atoms with van der Waals surface area (Å²) in [6.45, 7) is 1.24. The van der Waals surface area contributed by atoms with Crippen LogP contribution < -0.4 is 4.72 Å². The van der Waals surface area contributed by atoms with Crippen molar-refractivity contribution in [2.45, 2.75) is 36.8 Å². The Morgan fingerprint density at radius 1 is 1.43 bits per heavy atom. The summed E-state index contributed by atoms with van der Waals surface area (Å²) in [4.78, 5) is 2.37. The number of halogens is 1. The molecule has 1 aromatic carbocycles. The number of likely N-dealkylation sites (tertiary alicyclic amines) is 1. The van der Waals surface area contributed by atoms with Crippen LogP contribution in [0.3, 0.4) is 0 Å². The molecule has 118 valence electrons. The van der Waals surface area contributed by atoms with E-state index in [4.69, 9.17) is 5.11 Å². The summed E-state index contributed by atoms with van der Waals surface area (Å²) in [5, 5.41) is 9.15. The number of aliphatic hydroxyl groups is 1. The molecule has 21 heavy (non-hydrogen) atoms. The predicted molar refractivity (Wildman–Crippen MR) is 85.5 cm³/mol. The van der Waals surface area contributed by atoms with Gasteiger partial charge in [0.25, 0.3) is 0 Å². The van der Waals surface area contributed by atoms with Gasteiger partial charge in [0, 0.05) is 17.1 Å². The summed E-state index contributed by atoms with van der Waals surface area (Å²) in [7, 11) is -1.55. The van der Waals surface area contributed by atoms with Crippen molar-refractivity contribution < 1.29 is 13.5 Å². The van der Waals surface area contributed by atoms with Gasteiger partial charge in [-0.05, 0) is 60.1 Å². The van der Waals surface area contributed by atoms with Crippen LogP contribution in [0.2, 0.25) is 0 Å². The Balaban J connectivity index is 2.11. The molecule has 0 saturated carbocycles. The molecule has 0 aliphatic carbocycles. The fourth-order valence-corrected chi connectivity index (χ4v) is 4.62. The minimum absolute atomic E-state index is 0.174. The van der Waals surface area contributed by atoms with Crippen LogP contribution in [-0.2, 0) is 16.6 Å². The summed E-state index contributed by atoms with van der Waals surface area (Å²) >= 11 is 3.26. The van der Waals surface area contributed by atoms with Crippen molar-refractivity contribution in [2.75, 3.05) is 20.1 Å². The molecule has 0 radical (unpaired) electrons. The lowest BCUT2D eigenvalue weighted by atomic mass is 10.0. The lowest BCUT2D eigenvalue weighted by Gasteiger charge is -2.32. The molecule has 1 atom stereocenters. The van der Waals surface area contributed by atoms with Crippen molar-refractivity contribution in [2.24, 2.45) is 0 Å². The maximum Gasteiger partial charge on any atom is 0.241 e. The van der Waals surface area contributed by atoms with E-state index in [2.05, 4.69) is 25.6 Å². The summed E-state index contributed by atoms with van der Waals surface area (Å²) in [6.07, 6.45) is 3.32. The molecule has 0 spiro atoms. The Hall–Kier alpha value is -0.470. The van der Waals surface area contributed by atoms with E-state index >= 15 is 0 Å². The van der Waals surface area contributed by atoms with Gasteiger partial charge in [-0.25, -0.2) is 13.1 Å². The van der Waals surface area contributed by atoms with Crippen LogP contribution in [0.25, 0.3) is 0 Å². The number of rotatable bonds is 5. The monoisotopic (exact) mass is 376 g/mol. The normalized spacial score (nSPS) is 20.6. The Morgan fingerprint density at radius 3 is 2.86 bits per heavy atom. The molecule has 1 aliphatic heterocycles. The number of nitrogens with zero attached hydrogens (tertiary/aromatic N) is 1. The highest BCUT2D eigenvalue weighted by Crippen LogP contribution is 2.23. The lowest BCUT2D eigenvalue weighted by molar-refractivity contribution is 0.187. The molecule has 0 bridgehead atoms. The van der Waals surface area contributed by atoms with Gasteiger partial charge in [0.05, 0.1) is 11.5 Å². The summed E-state index contributed by atoms with van der Waals surface area (Å²) in [6, 6.07) is 5.08. The van der Waals surface area contributed by atoms with Crippen molar-refractivity contribution in [3.05, 3.63) is 28.2 Å². The average Bonchev–Trinajstić information content (AvgIpc) is 2.47. The van der Waals surface area contributed by atoms with Gasteiger partial charge in [-0.15, -0.1) is 0 Å². The molecule has 7 heteroatoms. The standard InChI is InChI=1S/C14H21BrN2O3S/c1-17-7-3-2-4-12(17)9-16-21(19,20)14-8-11(10-18)5-6-13(14)15/h5-6,8,12,16,18H,2-4,7,9-10H2,1H3. The van der Waals surface area contributed by atoms with Crippen molar-refractivity contribution in [1.82, 2.24) is 9.62 Å². The minimum atomic E-state index is -3.58. The predicted octanol–water partition coefficient (Wildman–Crippen LogP) is 1.70. The average molecular weight is 377 g/mol. The minimum Gasteiger partial charge on any atom is -0.392 e. The Kier molecular flexibility index (Phi) is 5.79. The first-order valence-electron chi connectivity index (χ1n) is 7.03. The number of likely N-dealkylation sites (N-methyl/N-ethyl adjacent to an activating group) is 1. The van der Waals surface area contributed by atoms with E-state index in [1.807, 2.05) is 7.05 Å². The van der Waals surface area contributed by atoms with Crippen LogP contribution in [0, 0.1) is 0 Å². The SMILES string of the molecule is CN1CCCCC1CNS(=O)(=O)c1cc(CO)ccc1Br. The van der Waals surface area contributed by atoms with Gasteiger partial charge >= 0.3 is 0 Å². The second kappa shape index (κ2) is 7.19. The first-order valence-corrected chi connectivity index (χ1v) is 9.31. The number of hydrogen-bond acceptors (Lipinski definition) is 4. The highest BCUT2D eigenvalue weighted by molar-refractivity contribution is 9.10. The van der Waals surface area contributed by atoms with Crippen molar-refractivity contribution >= 4 is 26.0 Å². The maximum atomic E-state index is 12.4. The van der Waals surface area contributed by atoms with Crippen LogP contribution in [-0.4, -0.2) is 44.6 Å². The highest BCUT2D eigenvalue weighted by atomic mass is 79.9. The van der Waals surface area contributed by atoms with Gasteiger partial charge < -0.3 is 10.0 Å². The van der Waals surface area contributed by atoms with Gasteiger partial charge in [0.15, 0.2) is 0 Å². The Bertz CT molecular complexity index is 592. The lowest BCUT2D eigenvalue weighted by Crippen LogP contribution is -2.44. The Morgan fingerprint density at radius 2 is 2.19 bits per heavy atom. The van der Waals surface area contributed by atoms with E-state index in [-0.39, 0.29) is 17.5 Å². The number of benzene rings is 1. The van der Waals surface area contributed by atoms with Crippen LogP contribution in [0.15, 0.2) is 27.6 Å². The van der Waals surface area contributed by atoms with Gasteiger partial charge in [-0.1, -0.05) is 12.5 Å². The maximum absolute atomic E-state index is 12.4. The molecule has 2 N–H and O–H groups in total. The van der Waals surface area contributed by atoms with Gasteiger partial charge in [0.1, 0.15) is 0 Å². The number of piperidine rings is 1. The fourth-order valence-electron chi connectivity index (χ4n) is 2.54. The molecule has 1 aromatic rings. The molecule has 1 unspecified atom stereocenters. The highest BCUT2D eigenvalue weighted by Gasteiger charge is 2.23. The second-order valence-corrected chi connectivity index (χ2v) is 7.99. The molecule has 1 heterocycles. The number of aliphatic hydroxyl groups excluding tert-OH is 1. The third-order valence-corrected chi connectivity index (χ3v) is 6.32. The van der Waals surface area contributed by atoms with E-state index in [1.54, 1.807) is 12.1 Å². The fraction of sp³-hybridized carbons (Fsp3) is 0.571. The van der Waals surface area contributed by atoms with E-state index in [1.165, 1.54) is 12.5 Å². The Labute approximate surface area is 134 Å². The van der Waals surface area contributed by atoms with E-state index in [0.29, 0.717) is 16.6 Å². The zero-order valence-electron chi connectivity index (χ0n) is 12.0. The zero-order chi connectivity index (χ0) is 15.5. The zero-order valence-corrected chi connectivity index (χ0v) is 14.5. The van der Waals surface area contributed by atoms with Crippen LogP contribution in [0.4, 0.5) is 0 Å². The second-order valence-electron chi connectivity index (χ2n) is 5.40. The first-order chi connectivity index (χ1) is 9.94. The smallest absolute Gasteiger partial charge is 0.241 e. The van der Waals surface area contributed by atoms with Crippen LogP contribution in [0.5, 0.6) is 0 Å². The topological polar surface area (TPSA) is 69.6 Å². The number of sulfonamides is 1. The summed E-state index contributed by atoms with van der Waals surface area (Å²) < 4.78 is 28.0. The summed E-state index contributed by atoms with van der Waals surface area (Å²) in [5.41, 5.74) is 0.577. The van der Waals surface area contributed by atoms with Gasteiger partial charge in [-0.3, -0.25) is 0 Å². The number of hydrogen-bond donors (Lipinski definition) is 2. The largest absolute Gasteiger partial charge is 0.392 e. The third kappa shape index (κ3) is 4.26. The van der Waals surface area contributed by atoms with E-state index in [0.717, 1.165) is 19.4 Å². The molecular formula is C14H21BrN2O3S. The quantitative estimate of drug-likeness (QED) is 0.820. The molecule has 1 aliphatic rings. The van der Waals surface area contributed by atoms with Crippen LogP contribution >= 0.6 is 15.9 Å². The first kappa shape index (κ1) is 16.9. The molecule has 1 fully saturated rings. The molecule has 2 rings (SSSR count). The molecule has 0 amide bonds. The van der Waals surface area contributed by atoms with Crippen molar-refractivity contribution in [3.63, 3.8) is 0 Å². The molecule has 5 nitrogen and oxygen atoms in total. The molecular weight excluding hydrogens is 356 g/mol. The molecule has 0 aromatic heterocycles.